The van der Waals surface area contributed by atoms with E-state index < -0.39 is 0 Å². The molecule has 1 N–H and O–H groups in total. The third kappa shape index (κ3) is 8.03. The quantitative estimate of drug-likeness (QED) is 0.571. The molecule has 1 aliphatic heterocycles. The third-order valence-corrected chi connectivity index (χ3v) is 5.58. The summed E-state index contributed by atoms with van der Waals surface area (Å²) in [7, 11) is 0. The van der Waals surface area contributed by atoms with Crippen molar-refractivity contribution in [3.05, 3.63) is 101 Å². The molecule has 0 aromatic heterocycles. The van der Waals surface area contributed by atoms with Gasteiger partial charge in [0, 0.05) is 45.0 Å². The van der Waals surface area contributed by atoms with Gasteiger partial charge in [0.15, 0.2) is 0 Å². The molecule has 178 valence electrons. The van der Waals surface area contributed by atoms with E-state index in [1.54, 1.807) is 25.1 Å². The van der Waals surface area contributed by atoms with E-state index >= 15 is 0 Å². The van der Waals surface area contributed by atoms with Gasteiger partial charge in [-0.25, -0.2) is 4.39 Å². The molecular formula is C28H31FN2O3. The first-order valence-corrected chi connectivity index (χ1v) is 11.5. The largest absolute Gasteiger partial charge is 0.490 e. The topological polar surface area (TPSA) is 58.6 Å². The second kappa shape index (κ2) is 12.5. The Labute approximate surface area is 200 Å². The van der Waals surface area contributed by atoms with Gasteiger partial charge in [-0.3, -0.25) is 9.59 Å². The Kier molecular flexibility index (Phi) is 9.21. The number of likely N-dealkylation sites (tertiary alicyclic amines) is 1. The lowest BCUT2D eigenvalue weighted by Crippen LogP contribution is -2.40. The first-order chi connectivity index (χ1) is 16.4. The van der Waals surface area contributed by atoms with E-state index in [2.05, 4.69) is 5.32 Å². The van der Waals surface area contributed by atoms with Gasteiger partial charge in [0.2, 0.25) is 5.91 Å². The molecular weight excluding hydrogens is 431 g/mol. The minimum absolute atomic E-state index is 0.122. The number of piperidine rings is 1. The monoisotopic (exact) mass is 462 g/mol. The van der Waals surface area contributed by atoms with Crippen molar-refractivity contribution in [2.45, 2.75) is 39.3 Å². The van der Waals surface area contributed by atoms with Gasteiger partial charge in [-0.05, 0) is 48.9 Å². The van der Waals surface area contributed by atoms with E-state index in [1.807, 2.05) is 60.4 Å². The van der Waals surface area contributed by atoms with Crippen LogP contribution in [-0.2, 0) is 11.3 Å². The average Bonchev–Trinajstić information content (AvgIpc) is 2.85. The van der Waals surface area contributed by atoms with Crippen molar-refractivity contribution in [3.8, 4) is 5.75 Å². The lowest BCUT2D eigenvalue weighted by Gasteiger charge is -2.31. The van der Waals surface area contributed by atoms with Gasteiger partial charge in [0.1, 0.15) is 17.7 Å². The van der Waals surface area contributed by atoms with Crippen LogP contribution in [0.4, 0.5) is 4.39 Å². The minimum atomic E-state index is -0.274. The van der Waals surface area contributed by atoms with Gasteiger partial charge in [0.05, 0.1) is 0 Å². The van der Waals surface area contributed by atoms with Crippen molar-refractivity contribution in [3.63, 3.8) is 0 Å². The summed E-state index contributed by atoms with van der Waals surface area (Å²) >= 11 is 0. The number of carbonyl (C=O) groups is 2. The van der Waals surface area contributed by atoms with Crippen LogP contribution in [0.15, 0.2) is 78.9 Å². The zero-order valence-corrected chi connectivity index (χ0v) is 19.7. The van der Waals surface area contributed by atoms with Crippen molar-refractivity contribution in [1.82, 2.24) is 10.2 Å². The lowest BCUT2D eigenvalue weighted by atomic mass is 10.1. The van der Waals surface area contributed by atoms with Crippen molar-refractivity contribution in [2.24, 2.45) is 0 Å². The van der Waals surface area contributed by atoms with E-state index in [0.29, 0.717) is 12.1 Å². The Balaban J connectivity index is 0.000000192. The maximum atomic E-state index is 12.7. The van der Waals surface area contributed by atoms with Crippen LogP contribution in [0.1, 0.15) is 41.3 Å². The highest BCUT2D eigenvalue weighted by atomic mass is 19.1. The van der Waals surface area contributed by atoms with Gasteiger partial charge >= 0.3 is 0 Å². The van der Waals surface area contributed by atoms with Crippen LogP contribution >= 0.6 is 0 Å². The number of benzene rings is 3. The molecule has 0 saturated carbocycles. The number of amides is 2. The standard InChI is InChI=1S/C15H14FNO.C13H17NO2/c1-11-3-2-4-13(9-11)15(18)17-10-12-5-7-14(16)8-6-12;1-11(15)14-9-7-13(8-10-14)16-12-5-3-2-4-6-12/h2-9H,10H2,1H3,(H,17,18);2-6,13H,7-10H2,1H3. The Morgan fingerprint density at radius 2 is 1.65 bits per heavy atom. The van der Waals surface area contributed by atoms with Crippen LogP contribution in [0, 0.1) is 12.7 Å². The number of hydrogen-bond donors (Lipinski definition) is 1. The predicted molar refractivity (Wildman–Crippen MR) is 131 cm³/mol. The smallest absolute Gasteiger partial charge is 0.251 e. The van der Waals surface area contributed by atoms with Gasteiger partial charge in [-0.1, -0.05) is 48.0 Å². The molecule has 0 bridgehead atoms. The highest BCUT2D eigenvalue weighted by molar-refractivity contribution is 5.94. The molecule has 1 heterocycles. The molecule has 2 amide bonds. The van der Waals surface area contributed by atoms with Gasteiger partial charge in [-0.2, -0.15) is 0 Å². The fourth-order valence-electron chi connectivity index (χ4n) is 3.65. The number of ether oxygens (including phenoxy) is 1. The molecule has 3 aromatic carbocycles. The van der Waals surface area contributed by atoms with E-state index in [1.165, 1.54) is 12.1 Å². The summed E-state index contributed by atoms with van der Waals surface area (Å²) in [5, 5.41) is 2.80. The van der Waals surface area contributed by atoms with Gasteiger partial charge in [-0.15, -0.1) is 0 Å². The molecule has 1 saturated heterocycles. The van der Waals surface area contributed by atoms with E-state index in [0.717, 1.165) is 42.8 Å². The van der Waals surface area contributed by atoms with Gasteiger partial charge in [0.25, 0.3) is 5.91 Å². The average molecular weight is 463 g/mol. The second-order valence-electron chi connectivity index (χ2n) is 8.31. The van der Waals surface area contributed by atoms with Crippen LogP contribution in [0.5, 0.6) is 5.75 Å². The molecule has 3 aromatic rings. The Morgan fingerprint density at radius 3 is 2.26 bits per heavy atom. The Bertz CT molecular complexity index is 1060. The summed E-state index contributed by atoms with van der Waals surface area (Å²) in [4.78, 5) is 24.9. The zero-order valence-electron chi connectivity index (χ0n) is 19.7. The Hall–Kier alpha value is -3.67. The number of carbonyl (C=O) groups excluding carboxylic acids is 2. The van der Waals surface area contributed by atoms with E-state index in [4.69, 9.17) is 4.74 Å². The number of aryl methyl sites for hydroxylation is 1. The van der Waals surface area contributed by atoms with E-state index in [9.17, 15) is 14.0 Å². The van der Waals surface area contributed by atoms with Crippen LogP contribution < -0.4 is 10.1 Å². The maximum Gasteiger partial charge on any atom is 0.251 e. The molecule has 0 spiro atoms. The number of nitrogens with one attached hydrogen (secondary N) is 1. The molecule has 5 nitrogen and oxygen atoms in total. The fourth-order valence-corrected chi connectivity index (χ4v) is 3.65. The molecule has 0 atom stereocenters. The highest BCUT2D eigenvalue weighted by Crippen LogP contribution is 2.18. The van der Waals surface area contributed by atoms with Crippen molar-refractivity contribution >= 4 is 11.8 Å². The summed E-state index contributed by atoms with van der Waals surface area (Å²) in [6.07, 6.45) is 2.10. The third-order valence-electron chi connectivity index (χ3n) is 5.58. The first-order valence-electron chi connectivity index (χ1n) is 11.5. The number of halogens is 1. The molecule has 0 unspecified atom stereocenters. The number of para-hydroxylation sites is 1. The highest BCUT2D eigenvalue weighted by Gasteiger charge is 2.21. The number of rotatable bonds is 5. The van der Waals surface area contributed by atoms with Crippen molar-refractivity contribution in [2.75, 3.05) is 13.1 Å². The maximum absolute atomic E-state index is 12.7. The summed E-state index contributed by atoms with van der Waals surface area (Å²) < 4.78 is 18.6. The molecule has 0 radical (unpaired) electrons. The van der Waals surface area contributed by atoms with Gasteiger partial charge < -0.3 is 15.0 Å². The molecule has 1 fully saturated rings. The van der Waals surface area contributed by atoms with Crippen molar-refractivity contribution in [1.29, 1.82) is 0 Å². The normalized spacial score (nSPS) is 13.4. The summed E-state index contributed by atoms with van der Waals surface area (Å²) in [5.74, 6) is 0.689. The molecule has 1 aliphatic rings. The predicted octanol–water partition coefficient (Wildman–Crippen LogP) is 5.14. The van der Waals surface area contributed by atoms with Crippen LogP contribution in [0.2, 0.25) is 0 Å². The second-order valence-corrected chi connectivity index (χ2v) is 8.31. The first kappa shape index (κ1) is 25.0. The lowest BCUT2D eigenvalue weighted by molar-refractivity contribution is -0.130. The molecule has 6 heteroatoms. The van der Waals surface area contributed by atoms with Crippen molar-refractivity contribution < 1.29 is 18.7 Å². The summed E-state index contributed by atoms with van der Waals surface area (Å²) in [6, 6.07) is 23.3. The van der Waals surface area contributed by atoms with Crippen LogP contribution in [0.25, 0.3) is 0 Å². The Morgan fingerprint density at radius 1 is 0.971 bits per heavy atom. The summed E-state index contributed by atoms with van der Waals surface area (Å²) in [6.45, 7) is 5.59. The van der Waals surface area contributed by atoms with Crippen LogP contribution in [-0.4, -0.2) is 35.9 Å². The minimum Gasteiger partial charge on any atom is -0.490 e. The number of nitrogens with zero attached hydrogens (tertiary/aromatic N) is 1. The zero-order chi connectivity index (χ0) is 24.3. The summed E-state index contributed by atoms with van der Waals surface area (Å²) in [5.41, 5.74) is 2.55. The molecule has 34 heavy (non-hydrogen) atoms. The number of hydrogen-bond acceptors (Lipinski definition) is 3. The molecule has 4 rings (SSSR count). The van der Waals surface area contributed by atoms with Crippen LogP contribution in [0.3, 0.4) is 0 Å². The van der Waals surface area contributed by atoms with E-state index in [-0.39, 0.29) is 23.7 Å². The SMILES string of the molecule is CC(=O)N1CCC(Oc2ccccc2)CC1.Cc1cccc(C(=O)NCc2ccc(F)cc2)c1. The fraction of sp³-hybridized carbons (Fsp3) is 0.286. The molecule has 0 aliphatic carbocycles.